The summed E-state index contributed by atoms with van der Waals surface area (Å²) in [5, 5.41) is 0. The van der Waals surface area contributed by atoms with Gasteiger partial charge in [-0.05, 0) is 46.0 Å². The minimum absolute atomic E-state index is 0.134. The van der Waals surface area contributed by atoms with Crippen molar-refractivity contribution >= 4 is 33.8 Å². The van der Waals surface area contributed by atoms with Gasteiger partial charge in [-0.25, -0.2) is 0 Å². The van der Waals surface area contributed by atoms with E-state index in [2.05, 4.69) is 82.7 Å². The fourth-order valence-corrected chi connectivity index (χ4v) is 3.71. The van der Waals surface area contributed by atoms with Crippen LogP contribution < -0.4 is 5.73 Å². The molecule has 0 bridgehead atoms. The van der Waals surface area contributed by atoms with Crippen molar-refractivity contribution in [1.29, 1.82) is 0 Å². The van der Waals surface area contributed by atoms with Gasteiger partial charge in [-0.3, -0.25) is 0 Å². The van der Waals surface area contributed by atoms with E-state index < -0.39 is 0 Å². The molecule has 23 heavy (non-hydrogen) atoms. The van der Waals surface area contributed by atoms with Crippen LogP contribution >= 0.6 is 15.9 Å². The Balaban J connectivity index is 2.05. The summed E-state index contributed by atoms with van der Waals surface area (Å²) in [7, 11) is 0. The average Bonchev–Trinajstić information content (AvgIpc) is 2.74. The molecule has 3 aromatic carbocycles. The minimum Gasteiger partial charge on any atom is -0.398 e. The first-order valence-electron chi connectivity index (χ1n) is 7.65. The maximum atomic E-state index is 6.34. The minimum atomic E-state index is 0.134. The zero-order valence-corrected chi connectivity index (χ0v) is 14.1. The molecular weight excluding hydrogens is 346 g/mol. The highest BCUT2D eigenvalue weighted by Crippen LogP contribution is 2.41. The lowest BCUT2D eigenvalue weighted by atomic mass is 9.82. The van der Waals surface area contributed by atoms with Gasteiger partial charge in [-0.15, -0.1) is 0 Å². The van der Waals surface area contributed by atoms with Crippen LogP contribution in [-0.2, 0) is 0 Å². The summed E-state index contributed by atoms with van der Waals surface area (Å²) in [4.78, 5) is 0. The first-order chi connectivity index (χ1) is 11.2. The van der Waals surface area contributed by atoms with Crippen molar-refractivity contribution in [3.63, 3.8) is 0 Å². The van der Waals surface area contributed by atoms with Gasteiger partial charge in [-0.2, -0.15) is 0 Å². The van der Waals surface area contributed by atoms with Crippen molar-refractivity contribution in [3.05, 3.63) is 99.0 Å². The Hall–Kier alpha value is -2.32. The molecular formula is C21H16BrN. The molecule has 0 spiro atoms. The number of benzene rings is 3. The molecule has 4 rings (SSSR count). The number of rotatable bonds is 1. The summed E-state index contributed by atoms with van der Waals surface area (Å²) in [6.45, 7) is 0. The molecule has 0 aromatic heterocycles. The number of hydrogen-bond acceptors (Lipinski definition) is 1. The topological polar surface area (TPSA) is 26.0 Å². The van der Waals surface area contributed by atoms with Crippen molar-refractivity contribution in [2.45, 2.75) is 5.92 Å². The number of nitrogen functional groups attached to an aromatic ring is 1. The maximum absolute atomic E-state index is 6.34. The number of hydrogen-bond donors (Lipinski definition) is 1. The van der Waals surface area contributed by atoms with E-state index in [1.807, 2.05) is 12.1 Å². The second-order valence-corrected chi connectivity index (χ2v) is 6.71. The fourth-order valence-electron chi connectivity index (χ4n) is 3.33. The fraction of sp³-hybridized carbons (Fsp3) is 0.0476. The van der Waals surface area contributed by atoms with Crippen molar-refractivity contribution in [2.24, 2.45) is 0 Å². The Labute approximate surface area is 144 Å². The predicted octanol–water partition coefficient (Wildman–Crippen LogP) is 5.70. The standard InChI is InChI=1S/C21H16BrN/c22-16-11-12-20(23)19(13-16)21-17-7-3-1-5-14(17)9-10-15-6-2-4-8-18(15)21/h1-13,21H,23H2. The Morgan fingerprint density at radius 3 is 1.87 bits per heavy atom. The molecule has 0 fully saturated rings. The molecule has 0 unspecified atom stereocenters. The van der Waals surface area contributed by atoms with Crippen LogP contribution in [0, 0.1) is 0 Å². The van der Waals surface area contributed by atoms with Crippen molar-refractivity contribution < 1.29 is 0 Å². The zero-order valence-electron chi connectivity index (χ0n) is 12.5. The summed E-state index contributed by atoms with van der Waals surface area (Å²) in [5.74, 6) is 0.134. The largest absolute Gasteiger partial charge is 0.398 e. The lowest BCUT2D eigenvalue weighted by Crippen LogP contribution is -2.08. The van der Waals surface area contributed by atoms with E-state index in [4.69, 9.17) is 5.73 Å². The van der Waals surface area contributed by atoms with E-state index in [-0.39, 0.29) is 5.92 Å². The second kappa shape index (κ2) is 5.71. The summed E-state index contributed by atoms with van der Waals surface area (Å²) in [5.41, 5.74) is 13.4. The highest BCUT2D eigenvalue weighted by molar-refractivity contribution is 9.10. The van der Waals surface area contributed by atoms with Crippen LogP contribution in [0.4, 0.5) is 5.69 Å². The highest BCUT2D eigenvalue weighted by atomic mass is 79.9. The molecule has 0 saturated heterocycles. The van der Waals surface area contributed by atoms with Crippen molar-refractivity contribution in [3.8, 4) is 0 Å². The predicted molar refractivity (Wildman–Crippen MR) is 101 cm³/mol. The Kier molecular flexibility index (Phi) is 3.55. The van der Waals surface area contributed by atoms with Crippen LogP contribution in [0.1, 0.15) is 33.7 Å². The zero-order chi connectivity index (χ0) is 15.8. The van der Waals surface area contributed by atoms with Crippen LogP contribution in [-0.4, -0.2) is 0 Å². The molecule has 0 aliphatic heterocycles. The summed E-state index contributed by atoms with van der Waals surface area (Å²) in [6, 6.07) is 23.2. The van der Waals surface area contributed by atoms with Gasteiger partial charge in [0.05, 0.1) is 0 Å². The third kappa shape index (κ3) is 2.49. The van der Waals surface area contributed by atoms with E-state index >= 15 is 0 Å². The first-order valence-corrected chi connectivity index (χ1v) is 8.44. The molecule has 1 nitrogen and oxygen atoms in total. The first kappa shape index (κ1) is 14.3. The lowest BCUT2D eigenvalue weighted by molar-refractivity contribution is 0.975. The number of anilines is 1. The quantitative estimate of drug-likeness (QED) is 0.432. The summed E-state index contributed by atoms with van der Waals surface area (Å²) < 4.78 is 1.05. The smallest absolute Gasteiger partial charge is 0.0372 e. The average molecular weight is 362 g/mol. The monoisotopic (exact) mass is 361 g/mol. The SMILES string of the molecule is Nc1ccc(Br)cc1C1c2ccccc2C=Cc2ccccc21. The maximum Gasteiger partial charge on any atom is 0.0372 e. The Morgan fingerprint density at radius 1 is 0.696 bits per heavy atom. The van der Waals surface area contributed by atoms with Gasteiger partial charge in [-0.1, -0.05) is 76.6 Å². The van der Waals surface area contributed by atoms with E-state index in [0.717, 1.165) is 15.7 Å². The van der Waals surface area contributed by atoms with Gasteiger partial charge in [0.1, 0.15) is 0 Å². The van der Waals surface area contributed by atoms with Gasteiger partial charge in [0.25, 0.3) is 0 Å². The molecule has 1 aliphatic rings. The van der Waals surface area contributed by atoms with Crippen molar-refractivity contribution in [2.75, 3.05) is 5.73 Å². The van der Waals surface area contributed by atoms with E-state index in [9.17, 15) is 0 Å². The Bertz CT molecular complexity index is 862. The number of nitrogens with two attached hydrogens (primary N) is 1. The van der Waals surface area contributed by atoms with Crippen LogP contribution in [0.5, 0.6) is 0 Å². The normalized spacial score (nSPS) is 13.3. The van der Waals surface area contributed by atoms with Gasteiger partial charge in [0, 0.05) is 16.1 Å². The third-order valence-electron chi connectivity index (χ3n) is 4.42. The van der Waals surface area contributed by atoms with Crippen molar-refractivity contribution in [1.82, 2.24) is 0 Å². The molecule has 112 valence electrons. The molecule has 2 N–H and O–H groups in total. The second-order valence-electron chi connectivity index (χ2n) is 5.80. The number of fused-ring (bicyclic) bond motifs is 2. The third-order valence-corrected chi connectivity index (χ3v) is 4.91. The van der Waals surface area contributed by atoms with E-state index in [1.54, 1.807) is 0 Å². The molecule has 1 aliphatic carbocycles. The summed E-state index contributed by atoms with van der Waals surface area (Å²) >= 11 is 3.59. The molecule has 0 amide bonds. The summed E-state index contributed by atoms with van der Waals surface area (Å²) in [6.07, 6.45) is 4.39. The number of halogens is 1. The van der Waals surface area contributed by atoms with Crippen LogP contribution in [0.3, 0.4) is 0 Å². The van der Waals surface area contributed by atoms with Gasteiger partial charge in [0.2, 0.25) is 0 Å². The van der Waals surface area contributed by atoms with Gasteiger partial charge >= 0.3 is 0 Å². The molecule has 0 atom stereocenters. The molecule has 2 heteroatoms. The molecule has 0 heterocycles. The molecule has 0 radical (unpaired) electrons. The van der Waals surface area contributed by atoms with Crippen LogP contribution in [0.25, 0.3) is 12.2 Å². The van der Waals surface area contributed by atoms with Gasteiger partial charge < -0.3 is 5.73 Å². The van der Waals surface area contributed by atoms with Crippen LogP contribution in [0.15, 0.2) is 71.2 Å². The van der Waals surface area contributed by atoms with E-state index in [0.29, 0.717) is 0 Å². The molecule has 0 saturated carbocycles. The van der Waals surface area contributed by atoms with E-state index in [1.165, 1.54) is 22.3 Å². The lowest BCUT2D eigenvalue weighted by Gasteiger charge is -2.22. The van der Waals surface area contributed by atoms with Gasteiger partial charge in [0.15, 0.2) is 0 Å². The molecule has 3 aromatic rings. The highest BCUT2D eigenvalue weighted by Gasteiger charge is 2.24. The Morgan fingerprint density at radius 2 is 1.26 bits per heavy atom. The van der Waals surface area contributed by atoms with Crippen LogP contribution in [0.2, 0.25) is 0 Å².